The van der Waals surface area contributed by atoms with Gasteiger partial charge < -0.3 is 19.5 Å². The fraction of sp³-hybridized carbons (Fsp3) is 0.227. The number of ether oxygens (including phenoxy) is 3. The maximum absolute atomic E-state index is 12.9. The summed E-state index contributed by atoms with van der Waals surface area (Å²) in [5.41, 5.74) is -1.05. The lowest BCUT2D eigenvalue weighted by Gasteiger charge is -2.13. The molecule has 0 bridgehead atoms. The van der Waals surface area contributed by atoms with Gasteiger partial charge in [0.2, 0.25) is 0 Å². The van der Waals surface area contributed by atoms with E-state index >= 15 is 0 Å². The Hall–Kier alpha value is -3.52. The first kappa shape index (κ1) is 25.7. The molecular formula is C22H18BrF3N2O5. The third-order valence-electron chi connectivity index (χ3n) is 4.05. The number of alkyl halides is 3. The molecule has 0 aromatic heterocycles. The molecule has 0 unspecified atom stereocenters. The van der Waals surface area contributed by atoms with Crippen molar-refractivity contribution < 1.29 is 37.0 Å². The van der Waals surface area contributed by atoms with Crippen LogP contribution in [0.4, 0.5) is 18.9 Å². The summed E-state index contributed by atoms with van der Waals surface area (Å²) in [6.45, 7) is 1.63. The smallest absolute Gasteiger partial charge is 0.416 e. The summed E-state index contributed by atoms with van der Waals surface area (Å²) in [7, 11) is 1.22. The number of hydrogen-bond donors (Lipinski definition) is 1. The molecule has 1 N–H and O–H groups in total. The fourth-order valence-corrected chi connectivity index (χ4v) is 2.95. The minimum atomic E-state index is -4.58. The van der Waals surface area contributed by atoms with Crippen molar-refractivity contribution in [1.82, 2.24) is 0 Å². The van der Waals surface area contributed by atoms with E-state index < -0.39 is 23.6 Å². The summed E-state index contributed by atoms with van der Waals surface area (Å²) in [4.78, 5) is 23.8. The molecule has 2 aromatic carbocycles. The number of nitrogens with one attached hydrogen (secondary N) is 1. The number of carbonyl (C=O) groups is 2. The normalized spacial score (nSPS) is 11.4. The monoisotopic (exact) mass is 526 g/mol. The highest BCUT2D eigenvalue weighted by Gasteiger charge is 2.30. The van der Waals surface area contributed by atoms with Crippen LogP contribution in [0.25, 0.3) is 6.08 Å². The number of rotatable bonds is 8. The molecule has 0 radical (unpaired) electrons. The SMILES string of the molecule is CCOc1cc(/C=C(/C#N)C(=O)Nc2cccc(C(F)(F)F)c2)c(Br)cc1OCC(=O)OC. The molecule has 33 heavy (non-hydrogen) atoms. The second-order valence-corrected chi connectivity index (χ2v) is 7.18. The molecule has 174 valence electrons. The molecule has 2 aromatic rings. The Labute approximate surface area is 195 Å². The van der Waals surface area contributed by atoms with Crippen molar-refractivity contribution in [2.45, 2.75) is 13.1 Å². The van der Waals surface area contributed by atoms with E-state index in [0.29, 0.717) is 10.0 Å². The number of nitrogens with zero attached hydrogens (tertiary/aromatic N) is 1. The van der Waals surface area contributed by atoms with E-state index in [-0.39, 0.29) is 36.0 Å². The van der Waals surface area contributed by atoms with Gasteiger partial charge in [0.25, 0.3) is 5.91 Å². The van der Waals surface area contributed by atoms with E-state index in [1.807, 2.05) is 0 Å². The lowest BCUT2D eigenvalue weighted by Crippen LogP contribution is -2.14. The van der Waals surface area contributed by atoms with Crippen LogP contribution in [0.5, 0.6) is 11.5 Å². The number of esters is 1. The maximum Gasteiger partial charge on any atom is 0.416 e. The largest absolute Gasteiger partial charge is 0.490 e. The number of hydrogen-bond acceptors (Lipinski definition) is 6. The summed E-state index contributed by atoms with van der Waals surface area (Å²) in [6.07, 6.45) is -3.34. The van der Waals surface area contributed by atoms with Crippen LogP contribution in [-0.4, -0.2) is 32.2 Å². The topological polar surface area (TPSA) is 97.6 Å². The summed E-state index contributed by atoms with van der Waals surface area (Å²) in [5.74, 6) is -1.03. The van der Waals surface area contributed by atoms with Gasteiger partial charge in [-0.25, -0.2) is 4.79 Å². The van der Waals surface area contributed by atoms with Crippen molar-refractivity contribution in [1.29, 1.82) is 5.26 Å². The first-order valence-corrected chi connectivity index (χ1v) is 10.1. The standard InChI is InChI=1S/C22H18BrF3N2O5/c1-3-32-18-8-13(17(23)10-19(18)33-12-20(29)31-2)7-14(11-27)21(30)28-16-6-4-5-15(9-16)22(24,25)26/h4-10H,3,12H2,1-2H3,(H,28,30)/b14-7-. The second-order valence-electron chi connectivity index (χ2n) is 6.32. The average Bonchev–Trinajstić information content (AvgIpc) is 2.77. The van der Waals surface area contributed by atoms with Gasteiger partial charge in [-0.1, -0.05) is 22.0 Å². The minimum absolute atomic E-state index is 0.114. The number of benzene rings is 2. The zero-order chi connectivity index (χ0) is 24.6. The van der Waals surface area contributed by atoms with Gasteiger partial charge in [-0.15, -0.1) is 0 Å². The molecule has 0 heterocycles. The van der Waals surface area contributed by atoms with Crippen molar-refractivity contribution in [3.63, 3.8) is 0 Å². The second kappa shape index (κ2) is 11.4. The highest BCUT2D eigenvalue weighted by atomic mass is 79.9. The Kier molecular flexibility index (Phi) is 8.87. The van der Waals surface area contributed by atoms with Crippen molar-refractivity contribution >= 4 is 39.6 Å². The van der Waals surface area contributed by atoms with E-state index in [0.717, 1.165) is 18.2 Å². The van der Waals surface area contributed by atoms with E-state index in [2.05, 4.69) is 26.0 Å². The Balaban J connectivity index is 2.32. The molecule has 7 nitrogen and oxygen atoms in total. The fourth-order valence-electron chi connectivity index (χ4n) is 2.51. The molecule has 0 saturated carbocycles. The van der Waals surface area contributed by atoms with Gasteiger partial charge >= 0.3 is 12.1 Å². The van der Waals surface area contributed by atoms with Gasteiger partial charge in [0.1, 0.15) is 11.6 Å². The van der Waals surface area contributed by atoms with E-state index in [4.69, 9.17) is 9.47 Å². The van der Waals surface area contributed by atoms with Crippen molar-refractivity contribution in [2.24, 2.45) is 0 Å². The van der Waals surface area contributed by atoms with Crippen LogP contribution in [-0.2, 0) is 20.5 Å². The predicted octanol–water partition coefficient (Wildman–Crippen LogP) is 4.96. The van der Waals surface area contributed by atoms with Crippen LogP contribution < -0.4 is 14.8 Å². The van der Waals surface area contributed by atoms with E-state index in [1.165, 1.54) is 31.4 Å². The molecule has 0 aliphatic carbocycles. The summed E-state index contributed by atoms with van der Waals surface area (Å²) >= 11 is 3.30. The Morgan fingerprint density at radius 3 is 2.48 bits per heavy atom. The van der Waals surface area contributed by atoms with Gasteiger partial charge in [-0.3, -0.25) is 4.79 Å². The maximum atomic E-state index is 12.9. The summed E-state index contributed by atoms with van der Waals surface area (Å²) in [5, 5.41) is 11.7. The van der Waals surface area contributed by atoms with Gasteiger partial charge in [0.05, 0.1) is 19.3 Å². The Morgan fingerprint density at radius 1 is 1.18 bits per heavy atom. The van der Waals surface area contributed by atoms with Crippen LogP contribution in [0.1, 0.15) is 18.1 Å². The number of anilines is 1. The van der Waals surface area contributed by atoms with Crippen molar-refractivity contribution in [3.05, 3.63) is 57.6 Å². The lowest BCUT2D eigenvalue weighted by molar-refractivity contribution is -0.143. The van der Waals surface area contributed by atoms with Gasteiger partial charge in [0.15, 0.2) is 18.1 Å². The highest BCUT2D eigenvalue weighted by Crippen LogP contribution is 2.35. The molecule has 11 heteroatoms. The third kappa shape index (κ3) is 7.25. The first-order chi connectivity index (χ1) is 15.6. The number of halogens is 4. The van der Waals surface area contributed by atoms with Crippen LogP contribution in [0.2, 0.25) is 0 Å². The van der Waals surface area contributed by atoms with E-state index in [1.54, 1.807) is 13.0 Å². The molecule has 0 spiro atoms. The van der Waals surface area contributed by atoms with Crippen molar-refractivity contribution in [2.75, 3.05) is 25.6 Å². The molecule has 0 fully saturated rings. The van der Waals surface area contributed by atoms with Gasteiger partial charge in [0, 0.05) is 10.2 Å². The molecule has 0 saturated heterocycles. The molecule has 0 aliphatic heterocycles. The summed E-state index contributed by atoms with van der Waals surface area (Å²) in [6, 6.07) is 8.75. The van der Waals surface area contributed by atoms with Gasteiger partial charge in [-0.05, 0) is 48.9 Å². The lowest BCUT2D eigenvalue weighted by atomic mass is 10.1. The van der Waals surface area contributed by atoms with Crippen LogP contribution in [0, 0.1) is 11.3 Å². The number of methoxy groups -OCH3 is 1. The highest BCUT2D eigenvalue weighted by molar-refractivity contribution is 9.10. The number of amides is 1. The number of nitriles is 1. The molecule has 0 aliphatic rings. The molecule has 1 amide bonds. The van der Waals surface area contributed by atoms with Crippen LogP contribution >= 0.6 is 15.9 Å². The first-order valence-electron chi connectivity index (χ1n) is 9.35. The zero-order valence-corrected chi connectivity index (χ0v) is 19.0. The summed E-state index contributed by atoms with van der Waals surface area (Å²) < 4.78 is 54.5. The van der Waals surface area contributed by atoms with Crippen LogP contribution in [0.15, 0.2) is 46.4 Å². The zero-order valence-electron chi connectivity index (χ0n) is 17.5. The molecular weight excluding hydrogens is 509 g/mol. The predicted molar refractivity (Wildman–Crippen MR) is 116 cm³/mol. The quantitative estimate of drug-likeness (QED) is 0.296. The van der Waals surface area contributed by atoms with E-state index in [9.17, 15) is 28.0 Å². The number of carbonyl (C=O) groups excluding carboxylic acids is 2. The third-order valence-corrected chi connectivity index (χ3v) is 4.74. The Morgan fingerprint density at radius 2 is 1.88 bits per heavy atom. The molecule has 0 atom stereocenters. The van der Waals surface area contributed by atoms with Crippen LogP contribution in [0.3, 0.4) is 0 Å². The molecule has 2 rings (SSSR count). The minimum Gasteiger partial charge on any atom is -0.490 e. The Bertz CT molecular complexity index is 1110. The average molecular weight is 527 g/mol. The van der Waals surface area contributed by atoms with Gasteiger partial charge in [-0.2, -0.15) is 18.4 Å². The van der Waals surface area contributed by atoms with Crippen molar-refractivity contribution in [3.8, 4) is 17.6 Å².